The number of anilines is 1. The Bertz CT molecular complexity index is 1180. The van der Waals surface area contributed by atoms with Gasteiger partial charge in [0.2, 0.25) is 11.8 Å². The highest BCUT2D eigenvalue weighted by Crippen LogP contribution is 2.37. The molecular weight excluding hydrogens is 368 g/mol. The molecule has 4 aromatic rings. The number of fused-ring (bicyclic) bond motifs is 3. The van der Waals surface area contributed by atoms with Gasteiger partial charge in [0.15, 0.2) is 0 Å². The van der Waals surface area contributed by atoms with Gasteiger partial charge in [-0.3, -0.25) is 4.79 Å². The van der Waals surface area contributed by atoms with Crippen molar-refractivity contribution in [3.63, 3.8) is 0 Å². The molecule has 0 fully saturated rings. The lowest BCUT2D eigenvalue weighted by Gasteiger charge is -2.07. The summed E-state index contributed by atoms with van der Waals surface area (Å²) in [7, 11) is 0. The van der Waals surface area contributed by atoms with Gasteiger partial charge in [0, 0.05) is 5.69 Å². The predicted octanol–water partition coefficient (Wildman–Crippen LogP) is 5.46. The second kappa shape index (κ2) is 6.77. The van der Waals surface area contributed by atoms with Crippen LogP contribution in [0.5, 0.6) is 0 Å². The van der Waals surface area contributed by atoms with Gasteiger partial charge in [-0.05, 0) is 59.2 Å². The SMILES string of the molecule is Cc1oc(-c2cccs2)nc1CC(=O)Nc1ccc2c(c1)Cc1ccccc1-2. The number of thiophene rings is 1. The normalized spacial score (nSPS) is 11.9. The van der Waals surface area contributed by atoms with Gasteiger partial charge in [-0.2, -0.15) is 0 Å². The molecule has 28 heavy (non-hydrogen) atoms. The van der Waals surface area contributed by atoms with Crippen LogP contribution in [0.1, 0.15) is 22.6 Å². The van der Waals surface area contributed by atoms with Gasteiger partial charge >= 0.3 is 0 Å². The van der Waals surface area contributed by atoms with E-state index in [2.05, 4.69) is 46.7 Å². The van der Waals surface area contributed by atoms with Crippen LogP contribution in [0.15, 0.2) is 64.4 Å². The van der Waals surface area contributed by atoms with E-state index >= 15 is 0 Å². The first kappa shape index (κ1) is 17.0. The van der Waals surface area contributed by atoms with Crippen molar-refractivity contribution in [2.24, 2.45) is 0 Å². The van der Waals surface area contributed by atoms with Crippen LogP contribution in [0.2, 0.25) is 0 Å². The first-order chi connectivity index (χ1) is 13.7. The Morgan fingerprint density at radius 2 is 1.96 bits per heavy atom. The van der Waals surface area contributed by atoms with Gasteiger partial charge in [0.25, 0.3) is 0 Å². The van der Waals surface area contributed by atoms with Crippen LogP contribution in [-0.4, -0.2) is 10.9 Å². The molecule has 0 atom stereocenters. The van der Waals surface area contributed by atoms with Crippen molar-refractivity contribution in [1.29, 1.82) is 0 Å². The van der Waals surface area contributed by atoms with Gasteiger partial charge in [-0.1, -0.05) is 36.4 Å². The summed E-state index contributed by atoms with van der Waals surface area (Å²) < 4.78 is 5.73. The molecular formula is C23H18N2O2S. The minimum Gasteiger partial charge on any atom is -0.440 e. The number of carbonyl (C=O) groups is 1. The summed E-state index contributed by atoms with van der Waals surface area (Å²) in [5, 5.41) is 4.98. The number of hydrogen-bond donors (Lipinski definition) is 1. The smallest absolute Gasteiger partial charge is 0.236 e. The fourth-order valence-electron chi connectivity index (χ4n) is 3.68. The molecule has 2 heterocycles. The van der Waals surface area contributed by atoms with Gasteiger partial charge < -0.3 is 9.73 Å². The maximum Gasteiger partial charge on any atom is 0.236 e. The number of nitrogens with zero attached hydrogens (tertiary/aromatic N) is 1. The van der Waals surface area contributed by atoms with Crippen molar-refractivity contribution in [1.82, 2.24) is 4.98 Å². The Morgan fingerprint density at radius 1 is 1.11 bits per heavy atom. The van der Waals surface area contributed by atoms with Crippen LogP contribution < -0.4 is 5.32 Å². The number of amides is 1. The monoisotopic (exact) mass is 386 g/mol. The number of aromatic nitrogens is 1. The molecule has 2 aromatic carbocycles. The topological polar surface area (TPSA) is 55.1 Å². The minimum absolute atomic E-state index is 0.0930. The molecule has 0 radical (unpaired) electrons. The predicted molar refractivity (Wildman–Crippen MR) is 112 cm³/mol. The summed E-state index contributed by atoms with van der Waals surface area (Å²) >= 11 is 1.57. The van der Waals surface area contributed by atoms with Gasteiger partial charge in [0.05, 0.1) is 17.0 Å². The number of benzene rings is 2. The van der Waals surface area contributed by atoms with Crippen LogP contribution in [0.4, 0.5) is 5.69 Å². The van der Waals surface area contributed by atoms with Crippen molar-refractivity contribution in [2.45, 2.75) is 19.8 Å². The van der Waals surface area contributed by atoms with E-state index in [0.29, 0.717) is 17.3 Å². The summed E-state index contributed by atoms with van der Waals surface area (Å²) in [6.45, 7) is 1.85. The number of rotatable bonds is 4. The maximum atomic E-state index is 12.6. The van der Waals surface area contributed by atoms with Crippen LogP contribution in [0.3, 0.4) is 0 Å². The third-order valence-electron chi connectivity index (χ3n) is 5.03. The number of oxazole rings is 1. The molecule has 2 aromatic heterocycles. The summed E-state index contributed by atoms with van der Waals surface area (Å²) in [6, 6.07) is 18.5. The zero-order chi connectivity index (χ0) is 19.1. The van der Waals surface area contributed by atoms with E-state index in [4.69, 9.17) is 4.42 Å². The molecule has 5 heteroatoms. The lowest BCUT2D eigenvalue weighted by Crippen LogP contribution is -2.15. The average molecular weight is 386 g/mol. The van der Waals surface area contributed by atoms with Crippen LogP contribution in [0.25, 0.3) is 21.9 Å². The molecule has 1 amide bonds. The second-order valence-electron chi connectivity index (χ2n) is 6.93. The van der Waals surface area contributed by atoms with Crippen LogP contribution in [0, 0.1) is 6.92 Å². The van der Waals surface area contributed by atoms with E-state index in [0.717, 1.165) is 17.0 Å². The van der Waals surface area contributed by atoms with Crippen molar-refractivity contribution in [2.75, 3.05) is 5.32 Å². The highest BCUT2D eigenvalue weighted by Gasteiger charge is 2.19. The summed E-state index contributed by atoms with van der Waals surface area (Å²) in [4.78, 5) is 18.0. The van der Waals surface area contributed by atoms with Crippen molar-refractivity contribution in [3.05, 3.63) is 82.6 Å². The van der Waals surface area contributed by atoms with E-state index in [1.807, 2.05) is 30.5 Å². The number of nitrogens with one attached hydrogen (secondary N) is 1. The second-order valence-corrected chi connectivity index (χ2v) is 7.88. The Labute approximate surface area is 166 Å². The van der Waals surface area contributed by atoms with Gasteiger partial charge in [-0.25, -0.2) is 4.98 Å². The quantitative estimate of drug-likeness (QED) is 0.446. The largest absolute Gasteiger partial charge is 0.440 e. The summed E-state index contributed by atoms with van der Waals surface area (Å²) in [5.74, 6) is 1.16. The fraction of sp³-hybridized carbons (Fsp3) is 0.130. The van der Waals surface area contributed by atoms with Crippen LogP contribution >= 0.6 is 11.3 Å². The van der Waals surface area contributed by atoms with Crippen molar-refractivity contribution >= 4 is 22.9 Å². The third kappa shape index (κ3) is 3.04. The average Bonchev–Trinajstić information content (AvgIpc) is 3.40. The van der Waals surface area contributed by atoms with Crippen LogP contribution in [-0.2, 0) is 17.6 Å². The van der Waals surface area contributed by atoms with Crippen molar-refractivity contribution < 1.29 is 9.21 Å². The molecule has 4 nitrogen and oxygen atoms in total. The highest BCUT2D eigenvalue weighted by molar-refractivity contribution is 7.13. The zero-order valence-electron chi connectivity index (χ0n) is 15.4. The molecule has 0 unspecified atom stereocenters. The Morgan fingerprint density at radius 3 is 2.82 bits per heavy atom. The first-order valence-corrected chi connectivity index (χ1v) is 10.1. The number of aryl methyl sites for hydroxylation is 1. The Hall–Kier alpha value is -3.18. The lowest BCUT2D eigenvalue weighted by atomic mass is 10.1. The molecule has 1 N–H and O–H groups in total. The lowest BCUT2D eigenvalue weighted by molar-refractivity contribution is -0.115. The molecule has 1 aliphatic carbocycles. The summed E-state index contributed by atoms with van der Waals surface area (Å²) in [5.41, 5.74) is 6.61. The number of hydrogen-bond acceptors (Lipinski definition) is 4. The first-order valence-electron chi connectivity index (χ1n) is 9.18. The number of carbonyl (C=O) groups excluding carboxylic acids is 1. The van der Waals surface area contributed by atoms with E-state index in [1.54, 1.807) is 11.3 Å². The van der Waals surface area contributed by atoms with Crippen molar-refractivity contribution in [3.8, 4) is 21.9 Å². The Balaban J connectivity index is 1.31. The third-order valence-corrected chi connectivity index (χ3v) is 5.89. The molecule has 0 aliphatic heterocycles. The molecule has 0 saturated heterocycles. The molecule has 5 rings (SSSR count). The molecule has 1 aliphatic rings. The molecule has 0 bridgehead atoms. The molecule has 0 saturated carbocycles. The maximum absolute atomic E-state index is 12.6. The minimum atomic E-state index is -0.0930. The van der Waals surface area contributed by atoms with Gasteiger partial charge in [0.1, 0.15) is 5.76 Å². The zero-order valence-corrected chi connectivity index (χ0v) is 16.2. The van der Waals surface area contributed by atoms with E-state index < -0.39 is 0 Å². The van der Waals surface area contributed by atoms with Gasteiger partial charge in [-0.15, -0.1) is 11.3 Å². The standard InChI is InChI=1S/C23H18N2O2S/c1-14-20(25-23(27-14)21-7-4-10-28-21)13-22(26)24-17-8-9-19-16(12-17)11-15-5-2-3-6-18(15)19/h2-10,12H,11,13H2,1H3,(H,24,26). The highest BCUT2D eigenvalue weighted by atomic mass is 32.1. The summed E-state index contributed by atoms with van der Waals surface area (Å²) in [6.07, 6.45) is 1.10. The Kier molecular flexibility index (Phi) is 4.10. The fourth-order valence-corrected chi connectivity index (χ4v) is 4.33. The van der Waals surface area contributed by atoms with E-state index in [9.17, 15) is 4.79 Å². The van der Waals surface area contributed by atoms with E-state index in [-0.39, 0.29) is 12.3 Å². The molecule has 0 spiro atoms. The molecule has 138 valence electrons. The van der Waals surface area contributed by atoms with E-state index in [1.165, 1.54) is 22.3 Å².